The number of ether oxygens (including phenoxy) is 1. The minimum absolute atomic E-state index is 0.117. The second-order valence-electron chi connectivity index (χ2n) is 8.26. The van der Waals surface area contributed by atoms with Gasteiger partial charge in [0, 0.05) is 18.2 Å². The third kappa shape index (κ3) is 5.92. The minimum Gasteiger partial charge on any atom is -0.487 e. The lowest BCUT2D eigenvalue weighted by atomic mass is 10.1. The summed E-state index contributed by atoms with van der Waals surface area (Å²) in [4.78, 5) is 15.5. The Bertz CT molecular complexity index is 1230. The molecule has 0 bridgehead atoms. The van der Waals surface area contributed by atoms with Crippen molar-refractivity contribution in [2.45, 2.75) is 52.7 Å². The van der Waals surface area contributed by atoms with E-state index in [1.807, 2.05) is 72.4 Å². The van der Waals surface area contributed by atoms with Gasteiger partial charge in [-0.1, -0.05) is 43.7 Å². The van der Waals surface area contributed by atoms with Gasteiger partial charge in [-0.25, -0.2) is 4.98 Å². The molecule has 0 saturated heterocycles. The Morgan fingerprint density at radius 2 is 1.82 bits per heavy atom. The van der Waals surface area contributed by atoms with E-state index in [4.69, 9.17) is 14.3 Å². The maximum atomic E-state index is 11.0. The molecule has 4 aromatic rings. The maximum absolute atomic E-state index is 11.0. The van der Waals surface area contributed by atoms with E-state index in [-0.39, 0.29) is 6.42 Å². The summed E-state index contributed by atoms with van der Waals surface area (Å²) in [5.74, 6) is 1.30. The van der Waals surface area contributed by atoms with E-state index in [1.165, 1.54) is 0 Å². The summed E-state index contributed by atoms with van der Waals surface area (Å²) in [6.07, 6.45) is 4.41. The van der Waals surface area contributed by atoms with E-state index in [0.717, 1.165) is 52.4 Å². The highest BCUT2D eigenvalue weighted by molar-refractivity contribution is 5.67. The van der Waals surface area contributed by atoms with Gasteiger partial charge in [-0.15, -0.1) is 0 Å². The molecule has 2 aromatic heterocycles. The zero-order valence-electron chi connectivity index (χ0n) is 19.5. The molecule has 2 heterocycles. The predicted octanol–water partition coefficient (Wildman–Crippen LogP) is 5.44. The Morgan fingerprint density at radius 3 is 2.53 bits per heavy atom. The third-order valence-corrected chi connectivity index (χ3v) is 5.58. The molecule has 0 amide bonds. The molecule has 0 aliphatic rings. The van der Waals surface area contributed by atoms with Crippen LogP contribution in [0.4, 0.5) is 0 Å². The van der Waals surface area contributed by atoms with Crippen molar-refractivity contribution in [2.24, 2.45) is 0 Å². The Morgan fingerprint density at radius 1 is 1.06 bits per heavy atom. The number of carboxylic acid groups (broad SMARTS) is 1. The fraction of sp³-hybridized carbons (Fsp3) is 0.296. The van der Waals surface area contributed by atoms with Crippen LogP contribution >= 0.6 is 0 Å². The average Bonchev–Trinajstić information content (AvgIpc) is 3.40. The first kappa shape index (κ1) is 23.3. The molecule has 4 rings (SSSR count). The monoisotopic (exact) mass is 459 g/mol. The van der Waals surface area contributed by atoms with Crippen LogP contribution in [0.1, 0.15) is 48.0 Å². The number of aryl methyl sites for hydroxylation is 3. The van der Waals surface area contributed by atoms with Crippen molar-refractivity contribution in [3.63, 3.8) is 0 Å². The highest BCUT2D eigenvalue weighted by Gasteiger charge is 2.13. The quantitative estimate of drug-likeness (QED) is 0.321. The molecule has 0 spiro atoms. The van der Waals surface area contributed by atoms with Gasteiger partial charge in [0.05, 0.1) is 12.2 Å². The lowest BCUT2D eigenvalue weighted by Crippen LogP contribution is -2.02. The van der Waals surface area contributed by atoms with Crippen molar-refractivity contribution in [1.82, 2.24) is 14.8 Å². The number of oxazole rings is 1. The second-order valence-corrected chi connectivity index (χ2v) is 8.26. The summed E-state index contributed by atoms with van der Waals surface area (Å²) in [5.41, 5.74) is 4.81. The molecule has 0 saturated carbocycles. The number of carboxylic acids is 1. The van der Waals surface area contributed by atoms with Crippen molar-refractivity contribution in [2.75, 3.05) is 0 Å². The Labute approximate surface area is 199 Å². The molecule has 0 unspecified atom stereocenters. The summed E-state index contributed by atoms with van der Waals surface area (Å²) in [5, 5.41) is 13.7. The molecule has 0 atom stereocenters. The molecule has 0 fully saturated rings. The van der Waals surface area contributed by atoms with Crippen LogP contribution in [0.25, 0.3) is 11.5 Å². The molecular formula is C27H29N3O4. The van der Waals surface area contributed by atoms with Gasteiger partial charge in [-0.05, 0) is 55.2 Å². The van der Waals surface area contributed by atoms with Crippen LogP contribution < -0.4 is 4.74 Å². The van der Waals surface area contributed by atoms with Crippen molar-refractivity contribution >= 4 is 5.97 Å². The number of carbonyl (C=O) groups is 1. The molecule has 0 aliphatic carbocycles. The van der Waals surface area contributed by atoms with Crippen LogP contribution in [0.5, 0.6) is 5.75 Å². The lowest BCUT2D eigenvalue weighted by Gasteiger charge is -2.06. The Hall–Kier alpha value is -3.87. The number of nitrogens with zero attached hydrogens (tertiary/aromatic N) is 3. The highest BCUT2D eigenvalue weighted by atomic mass is 16.5. The topological polar surface area (TPSA) is 90.4 Å². The molecule has 7 heteroatoms. The third-order valence-electron chi connectivity index (χ3n) is 5.58. The standard InChI is InChI=1S/C27H29N3O4/c1-3-7-24-22(12-15-26(31)32)17-30(29-24)16-20-10-13-23(14-11-20)33-18-25-19(2)34-27(28-25)21-8-5-4-6-9-21/h4-6,8-11,13-14,17H,3,7,12,15-16,18H2,1-2H3,(H,31,32). The van der Waals surface area contributed by atoms with E-state index >= 15 is 0 Å². The second kappa shape index (κ2) is 10.8. The largest absolute Gasteiger partial charge is 0.487 e. The van der Waals surface area contributed by atoms with E-state index < -0.39 is 5.97 Å². The van der Waals surface area contributed by atoms with Crippen LogP contribution in [0.15, 0.2) is 65.2 Å². The van der Waals surface area contributed by atoms with Gasteiger partial charge in [0.2, 0.25) is 5.89 Å². The van der Waals surface area contributed by atoms with Crippen molar-refractivity contribution in [3.05, 3.63) is 89.1 Å². The predicted molar refractivity (Wildman–Crippen MR) is 129 cm³/mol. The van der Waals surface area contributed by atoms with Gasteiger partial charge >= 0.3 is 5.97 Å². The molecule has 0 aliphatic heterocycles. The summed E-state index contributed by atoms with van der Waals surface area (Å²) in [6.45, 7) is 4.94. The molecular weight excluding hydrogens is 430 g/mol. The Balaban J connectivity index is 1.37. The van der Waals surface area contributed by atoms with Crippen LogP contribution in [0.3, 0.4) is 0 Å². The highest BCUT2D eigenvalue weighted by Crippen LogP contribution is 2.23. The van der Waals surface area contributed by atoms with Gasteiger partial charge in [0.15, 0.2) is 0 Å². The van der Waals surface area contributed by atoms with Crippen LogP contribution in [0, 0.1) is 6.92 Å². The normalized spacial score (nSPS) is 11.0. The number of aromatic nitrogens is 3. The molecule has 176 valence electrons. The zero-order valence-corrected chi connectivity index (χ0v) is 19.5. The van der Waals surface area contributed by atoms with Crippen LogP contribution in [0.2, 0.25) is 0 Å². The van der Waals surface area contributed by atoms with E-state index in [2.05, 4.69) is 17.0 Å². The summed E-state index contributed by atoms with van der Waals surface area (Å²) >= 11 is 0. The fourth-order valence-electron chi connectivity index (χ4n) is 3.78. The SMILES string of the molecule is CCCc1nn(Cc2ccc(OCc3nc(-c4ccccc4)oc3C)cc2)cc1CCC(=O)O. The van der Waals surface area contributed by atoms with E-state index in [0.29, 0.717) is 25.5 Å². The molecule has 2 aromatic carbocycles. The van der Waals surface area contributed by atoms with E-state index in [9.17, 15) is 4.79 Å². The summed E-state index contributed by atoms with van der Waals surface area (Å²) in [7, 11) is 0. The summed E-state index contributed by atoms with van der Waals surface area (Å²) < 4.78 is 13.6. The zero-order chi connectivity index (χ0) is 23.9. The smallest absolute Gasteiger partial charge is 0.303 e. The van der Waals surface area contributed by atoms with Gasteiger partial charge in [-0.3, -0.25) is 9.48 Å². The first-order valence-electron chi connectivity index (χ1n) is 11.5. The fourth-order valence-corrected chi connectivity index (χ4v) is 3.78. The van der Waals surface area contributed by atoms with Gasteiger partial charge < -0.3 is 14.3 Å². The number of aliphatic carboxylic acids is 1. The van der Waals surface area contributed by atoms with Crippen LogP contribution in [-0.4, -0.2) is 25.8 Å². The van der Waals surface area contributed by atoms with Gasteiger partial charge in [-0.2, -0.15) is 5.10 Å². The van der Waals surface area contributed by atoms with Gasteiger partial charge in [0.25, 0.3) is 0 Å². The number of rotatable bonds is 11. The summed E-state index contributed by atoms with van der Waals surface area (Å²) in [6, 6.07) is 17.7. The first-order chi connectivity index (χ1) is 16.5. The van der Waals surface area contributed by atoms with Crippen molar-refractivity contribution < 1.29 is 19.1 Å². The minimum atomic E-state index is -0.789. The number of hydrogen-bond donors (Lipinski definition) is 1. The Kier molecular flexibility index (Phi) is 7.42. The van der Waals surface area contributed by atoms with E-state index in [1.54, 1.807) is 0 Å². The van der Waals surface area contributed by atoms with Crippen LogP contribution in [-0.2, 0) is 30.8 Å². The lowest BCUT2D eigenvalue weighted by molar-refractivity contribution is -0.136. The molecule has 7 nitrogen and oxygen atoms in total. The van der Waals surface area contributed by atoms with Gasteiger partial charge in [0.1, 0.15) is 23.8 Å². The number of hydrogen-bond acceptors (Lipinski definition) is 5. The van der Waals surface area contributed by atoms with Crippen molar-refractivity contribution in [3.8, 4) is 17.2 Å². The number of benzene rings is 2. The van der Waals surface area contributed by atoms with Crippen molar-refractivity contribution in [1.29, 1.82) is 0 Å². The molecule has 1 N–H and O–H groups in total. The first-order valence-corrected chi connectivity index (χ1v) is 11.5. The average molecular weight is 460 g/mol. The molecule has 34 heavy (non-hydrogen) atoms. The maximum Gasteiger partial charge on any atom is 0.303 e. The molecule has 0 radical (unpaired) electrons.